The summed E-state index contributed by atoms with van der Waals surface area (Å²) < 4.78 is 0. The summed E-state index contributed by atoms with van der Waals surface area (Å²) in [6, 6.07) is 3.30. The van der Waals surface area contributed by atoms with Gasteiger partial charge in [0.05, 0.1) is 16.2 Å². The van der Waals surface area contributed by atoms with E-state index in [0.717, 1.165) is 0 Å². The van der Waals surface area contributed by atoms with E-state index in [9.17, 15) is 20.5 Å². The Balaban J connectivity index is 2.91. The number of nitrogens with zero attached hydrogens (tertiary/aromatic N) is 4. The molecule has 9 nitrogen and oxygen atoms in total. The molecule has 9 heteroatoms. The second kappa shape index (κ2) is 5.17. The van der Waals surface area contributed by atoms with Crippen molar-refractivity contribution in [3.63, 3.8) is 0 Å². The second-order valence-electron chi connectivity index (χ2n) is 4.62. The van der Waals surface area contributed by atoms with Crippen LogP contribution in [0, 0.1) is 35.3 Å². The number of nitrogen functional groups attached to an aromatic ring is 2. The van der Waals surface area contributed by atoms with Crippen molar-refractivity contribution in [1.29, 1.82) is 5.26 Å². The largest absolute Gasteiger partial charge is 0.502 e. The molecule has 0 spiro atoms. The summed E-state index contributed by atoms with van der Waals surface area (Å²) in [5.74, 6) is -0.959. The molecule has 0 unspecified atom stereocenters. The lowest BCUT2D eigenvalue weighted by Crippen LogP contribution is -2.06. The lowest BCUT2D eigenvalue weighted by Gasteiger charge is -2.11. The van der Waals surface area contributed by atoms with Crippen molar-refractivity contribution in [2.45, 2.75) is 13.8 Å². The highest BCUT2D eigenvalue weighted by atomic mass is 16.6. The fourth-order valence-corrected chi connectivity index (χ4v) is 2.09. The number of phenols is 1. The molecule has 1 heterocycles. The molecule has 0 amide bonds. The minimum atomic E-state index is -0.693. The van der Waals surface area contributed by atoms with Gasteiger partial charge in [0.25, 0.3) is 0 Å². The summed E-state index contributed by atoms with van der Waals surface area (Å²) in [6.45, 7) is 3.16. The highest BCUT2D eigenvalue weighted by Crippen LogP contribution is 2.41. The van der Waals surface area contributed by atoms with Crippen LogP contribution in [-0.4, -0.2) is 20.0 Å². The van der Waals surface area contributed by atoms with Gasteiger partial charge in [0.1, 0.15) is 17.5 Å². The van der Waals surface area contributed by atoms with E-state index in [-0.39, 0.29) is 28.6 Å². The molecular formula is C13H12N6O3. The van der Waals surface area contributed by atoms with E-state index in [2.05, 4.69) is 9.97 Å². The van der Waals surface area contributed by atoms with Crippen molar-refractivity contribution >= 4 is 17.5 Å². The van der Waals surface area contributed by atoms with Gasteiger partial charge in [-0.1, -0.05) is 0 Å². The molecule has 0 aliphatic rings. The third-order valence-electron chi connectivity index (χ3n) is 3.29. The molecule has 0 fully saturated rings. The van der Waals surface area contributed by atoms with Gasteiger partial charge in [0.2, 0.25) is 11.7 Å². The van der Waals surface area contributed by atoms with Crippen LogP contribution in [0.5, 0.6) is 5.75 Å². The number of nitriles is 1. The van der Waals surface area contributed by atoms with E-state index in [4.69, 9.17) is 11.5 Å². The third-order valence-corrected chi connectivity index (χ3v) is 3.29. The minimum absolute atomic E-state index is 0.00662. The van der Waals surface area contributed by atoms with Crippen LogP contribution in [0.15, 0.2) is 6.07 Å². The standard InChI is InChI=1S/C13H12N6O3/c1-5-3-7(11(20)10(6(5)2)19(21)22)9-8(4-14)12(15)18-13(16)17-9/h3,20H,1-2H3,(H4,15,16,17,18). The third kappa shape index (κ3) is 2.22. The maximum absolute atomic E-state index is 11.2. The molecule has 0 aliphatic carbocycles. The molecule has 5 N–H and O–H groups in total. The topological polar surface area (TPSA) is 165 Å². The number of anilines is 2. The summed E-state index contributed by atoms with van der Waals surface area (Å²) in [5, 5.41) is 30.6. The van der Waals surface area contributed by atoms with E-state index in [0.29, 0.717) is 11.1 Å². The summed E-state index contributed by atoms with van der Waals surface area (Å²) >= 11 is 0. The van der Waals surface area contributed by atoms with Crippen LogP contribution in [0.25, 0.3) is 11.3 Å². The Morgan fingerprint density at radius 3 is 2.55 bits per heavy atom. The lowest BCUT2D eigenvalue weighted by atomic mass is 9.98. The van der Waals surface area contributed by atoms with Crippen molar-refractivity contribution in [3.8, 4) is 23.1 Å². The lowest BCUT2D eigenvalue weighted by molar-refractivity contribution is -0.386. The van der Waals surface area contributed by atoms with Gasteiger partial charge in [-0.05, 0) is 25.5 Å². The van der Waals surface area contributed by atoms with Crippen molar-refractivity contribution in [2.75, 3.05) is 11.5 Å². The SMILES string of the molecule is Cc1cc(-c2nc(N)nc(N)c2C#N)c(O)c([N+](=O)[O-])c1C. The average molecular weight is 300 g/mol. The highest BCUT2D eigenvalue weighted by molar-refractivity contribution is 5.81. The molecule has 0 bridgehead atoms. The van der Waals surface area contributed by atoms with Crippen LogP contribution in [0.1, 0.15) is 16.7 Å². The van der Waals surface area contributed by atoms with E-state index in [1.165, 1.54) is 13.0 Å². The Kier molecular flexibility index (Phi) is 3.52. The van der Waals surface area contributed by atoms with Gasteiger partial charge in [0, 0.05) is 5.56 Å². The van der Waals surface area contributed by atoms with Gasteiger partial charge in [-0.15, -0.1) is 0 Å². The Labute approximate surface area is 125 Å². The predicted octanol–water partition coefficient (Wildman–Crippen LogP) is 1.41. The Morgan fingerprint density at radius 1 is 1.36 bits per heavy atom. The molecule has 0 aliphatic heterocycles. The molecule has 0 saturated carbocycles. The summed E-state index contributed by atoms with van der Waals surface area (Å²) in [5.41, 5.74) is 11.4. The molecule has 2 aromatic rings. The van der Waals surface area contributed by atoms with E-state index in [1.807, 2.05) is 6.07 Å². The summed E-state index contributed by atoms with van der Waals surface area (Å²) in [6.07, 6.45) is 0. The first-order valence-corrected chi connectivity index (χ1v) is 6.09. The average Bonchev–Trinajstić information content (AvgIpc) is 2.42. The van der Waals surface area contributed by atoms with Gasteiger partial charge < -0.3 is 16.6 Å². The van der Waals surface area contributed by atoms with Crippen LogP contribution < -0.4 is 11.5 Å². The zero-order chi connectivity index (χ0) is 16.6. The Bertz CT molecular complexity index is 841. The maximum atomic E-state index is 11.2. The van der Waals surface area contributed by atoms with Crippen LogP contribution in [0.3, 0.4) is 0 Å². The smallest absolute Gasteiger partial charge is 0.314 e. The number of aromatic hydroxyl groups is 1. The first-order chi connectivity index (χ1) is 10.3. The van der Waals surface area contributed by atoms with E-state index < -0.39 is 16.4 Å². The number of phenolic OH excluding ortho intramolecular Hbond substituents is 1. The highest BCUT2D eigenvalue weighted by Gasteiger charge is 2.26. The van der Waals surface area contributed by atoms with Gasteiger partial charge in [-0.25, -0.2) is 4.98 Å². The molecular weight excluding hydrogens is 288 g/mol. The fourth-order valence-electron chi connectivity index (χ4n) is 2.09. The monoisotopic (exact) mass is 300 g/mol. The number of rotatable bonds is 2. The Morgan fingerprint density at radius 2 is 2.00 bits per heavy atom. The summed E-state index contributed by atoms with van der Waals surface area (Å²) in [4.78, 5) is 18.0. The molecule has 0 saturated heterocycles. The molecule has 1 aromatic heterocycles. The first-order valence-electron chi connectivity index (χ1n) is 6.09. The molecule has 0 radical (unpaired) electrons. The molecule has 22 heavy (non-hydrogen) atoms. The van der Waals surface area contributed by atoms with Crippen LogP contribution in [-0.2, 0) is 0 Å². The number of nitro benzene ring substituents is 1. The number of aromatic nitrogens is 2. The number of aryl methyl sites for hydroxylation is 1. The van der Waals surface area contributed by atoms with E-state index >= 15 is 0 Å². The second-order valence-corrected chi connectivity index (χ2v) is 4.62. The zero-order valence-electron chi connectivity index (χ0n) is 11.8. The number of hydrogen-bond acceptors (Lipinski definition) is 8. The first kappa shape index (κ1) is 15.0. The number of hydrogen-bond donors (Lipinski definition) is 3. The van der Waals surface area contributed by atoms with Crippen LogP contribution in [0.2, 0.25) is 0 Å². The quantitative estimate of drug-likeness (QED) is 0.553. The van der Waals surface area contributed by atoms with Crippen molar-refractivity contribution in [1.82, 2.24) is 9.97 Å². The van der Waals surface area contributed by atoms with Crippen molar-refractivity contribution < 1.29 is 10.0 Å². The molecule has 1 aromatic carbocycles. The number of nitro groups is 1. The van der Waals surface area contributed by atoms with Gasteiger partial charge in [0.15, 0.2) is 0 Å². The number of nitrogens with two attached hydrogens (primary N) is 2. The van der Waals surface area contributed by atoms with E-state index in [1.54, 1.807) is 6.92 Å². The summed E-state index contributed by atoms with van der Waals surface area (Å²) in [7, 11) is 0. The Hall–Kier alpha value is -3.41. The predicted molar refractivity (Wildman–Crippen MR) is 78.8 cm³/mol. The fraction of sp³-hybridized carbons (Fsp3) is 0.154. The van der Waals surface area contributed by atoms with Crippen molar-refractivity contribution in [2.24, 2.45) is 0 Å². The normalized spacial score (nSPS) is 10.2. The van der Waals surface area contributed by atoms with Crippen LogP contribution in [0.4, 0.5) is 17.5 Å². The maximum Gasteiger partial charge on any atom is 0.314 e. The molecule has 2 rings (SSSR count). The number of benzene rings is 1. The zero-order valence-corrected chi connectivity index (χ0v) is 11.8. The van der Waals surface area contributed by atoms with Gasteiger partial charge >= 0.3 is 5.69 Å². The van der Waals surface area contributed by atoms with Crippen LogP contribution >= 0.6 is 0 Å². The molecule has 112 valence electrons. The van der Waals surface area contributed by atoms with Crippen molar-refractivity contribution in [3.05, 3.63) is 32.9 Å². The van der Waals surface area contributed by atoms with Gasteiger partial charge in [-0.2, -0.15) is 10.2 Å². The van der Waals surface area contributed by atoms with Gasteiger partial charge in [-0.3, -0.25) is 10.1 Å². The minimum Gasteiger partial charge on any atom is -0.502 e. The molecule has 0 atom stereocenters.